The molecule has 0 fully saturated rings. The second-order valence-electron chi connectivity index (χ2n) is 7.07. The van der Waals surface area contributed by atoms with Gasteiger partial charge < -0.3 is 15.2 Å². The van der Waals surface area contributed by atoms with Crippen molar-refractivity contribution in [3.05, 3.63) is 41.1 Å². The largest absolute Gasteiger partial charge is 0.377 e. The van der Waals surface area contributed by atoms with E-state index in [1.54, 1.807) is 12.5 Å². The highest BCUT2D eigenvalue weighted by Crippen LogP contribution is 2.40. The molecule has 0 aliphatic carbocycles. The van der Waals surface area contributed by atoms with E-state index in [0.717, 1.165) is 27.9 Å². The molecule has 1 atom stereocenters. The number of hydrogen-bond acceptors (Lipinski definition) is 7. The van der Waals surface area contributed by atoms with Crippen LogP contribution in [0, 0.1) is 18.8 Å². The second-order valence-corrected chi connectivity index (χ2v) is 8.10. The molecule has 8 heteroatoms. The Hall–Kier alpha value is -3.44. The van der Waals surface area contributed by atoms with Gasteiger partial charge in [0.05, 0.1) is 34.5 Å². The predicted molar refractivity (Wildman–Crippen MR) is 139 cm³/mol. The quantitative estimate of drug-likeness (QED) is 0.108. The zero-order valence-electron chi connectivity index (χ0n) is 19.6. The minimum absolute atomic E-state index is 0.163. The van der Waals surface area contributed by atoms with Gasteiger partial charge in [0.1, 0.15) is 4.83 Å². The number of aliphatic imine (C=N–C) groups is 1. The van der Waals surface area contributed by atoms with E-state index in [4.69, 9.17) is 0 Å². The number of hydrazone groups is 1. The first-order valence-corrected chi connectivity index (χ1v) is 10.9. The van der Waals surface area contributed by atoms with Gasteiger partial charge in [-0.15, -0.1) is 24.2 Å². The Morgan fingerprint density at radius 1 is 1.34 bits per heavy atom. The Morgan fingerprint density at radius 2 is 2.06 bits per heavy atom. The maximum atomic E-state index is 11.6. The number of fused-ring (bicyclic) bond motifs is 1. The van der Waals surface area contributed by atoms with E-state index in [0.29, 0.717) is 17.1 Å². The van der Waals surface area contributed by atoms with E-state index >= 15 is 0 Å². The number of rotatable bonds is 10. The number of allylic oxidation sites excluding steroid dienone is 3. The predicted octanol–water partition coefficient (Wildman–Crippen LogP) is 4.71. The minimum atomic E-state index is 0.163. The summed E-state index contributed by atoms with van der Waals surface area (Å²) in [7, 11) is 5.87. The van der Waals surface area contributed by atoms with Gasteiger partial charge in [0.15, 0.2) is 6.29 Å². The topological polar surface area (TPSA) is 73.2 Å². The molecule has 2 aromatic heterocycles. The van der Waals surface area contributed by atoms with Crippen molar-refractivity contribution in [3.8, 4) is 12.8 Å². The highest BCUT2D eigenvalue weighted by molar-refractivity contribution is 7.21. The summed E-state index contributed by atoms with van der Waals surface area (Å²) in [6, 6.07) is 1.93. The van der Waals surface area contributed by atoms with E-state index in [9.17, 15) is 4.79 Å². The summed E-state index contributed by atoms with van der Waals surface area (Å²) in [6.45, 7) is 6.78. The van der Waals surface area contributed by atoms with Crippen LogP contribution in [0.5, 0.6) is 0 Å². The highest BCUT2D eigenvalue weighted by atomic mass is 32.1. The zero-order chi connectivity index (χ0) is 24.1. The van der Waals surface area contributed by atoms with Crippen LogP contribution >= 0.6 is 11.3 Å². The second kappa shape index (κ2) is 13.8. The van der Waals surface area contributed by atoms with Crippen LogP contribution in [0.3, 0.4) is 0 Å². The third-order valence-corrected chi connectivity index (χ3v) is 5.44. The summed E-state index contributed by atoms with van der Waals surface area (Å²) in [5.74, 6) is 0.163. The number of nitrogens with one attached hydrogen (secondary N) is 1. The first-order chi connectivity index (χ1) is 15.4. The molecule has 7 nitrogen and oxygen atoms in total. The standard InChI is InChI=1S/C22H30N6OS.C2H2/c1-7-8-10-25-26-13-16(2)12-17(3)28(6)15-24-21-19(14-29)30-22-20(21)18(27(4)5)9-11-23-22;1-2/h7-9,11-16,25H,10H2,1-6H3;1-2H/b8-7-,17-12+,24-15?,26-13-;. The molecule has 32 heavy (non-hydrogen) atoms. The van der Waals surface area contributed by atoms with E-state index in [-0.39, 0.29) is 5.92 Å². The number of nitrogens with zero attached hydrogens (tertiary/aromatic N) is 5. The summed E-state index contributed by atoms with van der Waals surface area (Å²) in [5, 5.41) is 5.12. The van der Waals surface area contributed by atoms with Gasteiger partial charge in [-0.1, -0.05) is 25.2 Å². The molecule has 0 aliphatic heterocycles. The number of pyridine rings is 1. The lowest BCUT2D eigenvalue weighted by Crippen LogP contribution is -2.15. The minimum Gasteiger partial charge on any atom is -0.377 e. The molecule has 170 valence electrons. The molecular formula is C24H32N6OS. The number of anilines is 1. The van der Waals surface area contributed by atoms with Crippen molar-refractivity contribution in [1.82, 2.24) is 15.3 Å². The first-order valence-electron chi connectivity index (χ1n) is 10.1. The van der Waals surface area contributed by atoms with Crippen molar-refractivity contribution in [2.45, 2.75) is 20.8 Å². The lowest BCUT2D eigenvalue weighted by atomic mass is 10.1. The molecule has 0 radical (unpaired) electrons. The van der Waals surface area contributed by atoms with Crippen LogP contribution in [0.2, 0.25) is 0 Å². The van der Waals surface area contributed by atoms with Gasteiger partial charge in [0.2, 0.25) is 0 Å². The van der Waals surface area contributed by atoms with Crippen molar-refractivity contribution in [2.24, 2.45) is 16.0 Å². The van der Waals surface area contributed by atoms with Crippen molar-refractivity contribution >= 4 is 51.8 Å². The average Bonchev–Trinajstić information content (AvgIpc) is 3.16. The maximum absolute atomic E-state index is 11.6. The van der Waals surface area contributed by atoms with Crippen molar-refractivity contribution < 1.29 is 4.79 Å². The summed E-state index contributed by atoms with van der Waals surface area (Å²) < 4.78 is 0. The van der Waals surface area contributed by atoms with Crippen LogP contribution in [0.25, 0.3) is 10.2 Å². The zero-order valence-corrected chi connectivity index (χ0v) is 20.4. The van der Waals surface area contributed by atoms with Gasteiger partial charge in [-0.3, -0.25) is 4.79 Å². The molecule has 0 saturated heterocycles. The van der Waals surface area contributed by atoms with Gasteiger partial charge in [0, 0.05) is 45.2 Å². The average molecular weight is 453 g/mol. The molecule has 0 saturated carbocycles. The molecule has 0 aliphatic rings. The fourth-order valence-corrected chi connectivity index (χ4v) is 3.68. The molecule has 1 N–H and O–H groups in total. The highest BCUT2D eigenvalue weighted by Gasteiger charge is 2.16. The molecular weight excluding hydrogens is 420 g/mol. The summed E-state index contributed by atoms with van der Waals surface area (Å²) in [4.78, 5) is 26.0. The number of thiophene rings is 1. The number of carbonyl (C=O) groups excluding carboxylic acids is 1. The monoisotopic (exact) mass is 452 g/mol. The first kappa shape index (κ1) is 26.6. The third kappa shape index (κ3) is 7.36. The summed E-state index contributed by atoms with van der Waals surface area (Å²) in [5.41, 5.74) is 5.66. The van der Waals surface area contributed by atoms with E-state index in [1.165, 1.54) is 11.3 Å². The lowest BCUT2D eigenvalue weighted by molar-refractivity contribution is 0.112. The SMILES string of the molecule is C#C.C/C=C\CN/N=C\C(C)/C=C(\C)N(C)C=Nc1c(C=O)sc2nccc(N(C)C)c12. The normalized spacial score (nSPS) is 12.8. The van der Waals surface area contributed by atoms with Gasteiger partial charge >= 0.3 is 0 Å². The fraction of sp³-hybridized carbons (Fsp3) is 0.333. The smallest absolute Gasteiger partial charge is 0.162 e. The number of hydrogen-bond donors (Lipinski definition) is 1. The lowest BCUT2D eigenvalue weighted by Gasteiger charge is -2.16. The third-order valence-electron chi connectivity index (χ3n) is 4.43. The van der Waals surface area contributed by atoms with Gasteiger partial charge in [0.25, 0.3) is 0 Å². The number of terminal acetylenes is 1. The molecule has 2 heterocycles. The van der Waals surface area contributed by atoms with Crippen LogP contribution in [0.15, 0.2) is 46.3 Å². The van der Waals surface area contributed by atoms with Crippen molar-refractivity contribution in [1.29, 1.82) is 0 Å². The van der Waals surface area contributed by atoms with E-state index in [2.05, 4.69) is 46.4 Å². The number of aldehydes is 1. The Bertz CT molecular complexity index is 1020. The van der Waals surface area contributed by atoms with Crippen molar-refractivity contribution in [3.63, 3.8) is 0 Å². The molecule has 0 aromatic carbocycles. The van der Waals surface area contributed by atoms with Gasteiger partial charge in [-0.25, -0.2) is 9.98 Å². The van der Waals surface area contributed by atoms with Crippen LogP contribution in [0.1, 0.15) is 30.4 Å². The van der Waals surface area contributed by atoms with Crippen molar-refractivity contribution in [2.75, 3.05) is 32.6 Å². The van der Waals surface area contributed by atoms with Crippen LogP contribution in [-0.4, -0.2) is 56.4 Å². The Morgan fingerprint density at radius 3 is 2.69 bits per heavy atom. The Labute approximate surface area is 195 Å². The van der Waals surface area contributed by atoms with Gasteiger partial charge in [-0.05, 0) is 19.9 Å². The van der Waals surface area contributed by atoms with E-state index < -0.39 is 0 Å². The van der Waals surface area contributed by atoms with E-state index in [1.807, 2.05) is 69.2 Å². The van der Waals surface area contributed by atoms with Crippen LogP contribution < -0.4 is 10.3 Å². The molecule has 1 unspecified atom stereocenters. The number of aromatic nitrogens is 1. The molecule has 0 spiro atoms. The molecule has 0 amide bonds. The Kier molecular flexibility index (Phi) is 11.5. The molecule has 2 aromatic rings. The summed E-state index contributed by atoms with van der Waals surface area (Å²) in [6.07, 6.45) is 20.3. The molecule has 0 bridgehead atoms. The Balaban J connectivity index is 0.00000249. The fourth-order valence-electron chi connectivity index (χ4n) is 2.76. The van der Waals surface area contributed by atoms with Crippen LogP contribution in [-0.2, 0) is 0 Å². The number of carbonyl (C=O) groups is 1. The molecule has 2 rings (SSSR count). The maximum Gasteiger partial charge on any atom is 0.162 e. The van der Waals surface area contributed by atoms with Crippen LogP contribution in [0.4, 0.5) is 11.4 Å². The van der Waals surface area contributed by atoms with Gasteiger partial charge in [-0.2, -0.15) is 5.10 Å². The summed E-state index contributed by atoms with van der Waals surface area (Å²) >= 11 is 1.36.